The maximum atomic E-state index is 11.8. The SMILES string of the molecule is Cc1nc(CCNC(=O)[C@H]2CCCNC2)no1. The number of amides is 1. The lowest BCUT2D eigenvalue weighted by molar-refractivity contribution is -0.125. The van der Waals surface area contributed by atoms with Crippen LogP contribution in [-0.2, 0) is 11.2 Å². The van der Waals surface area contributed by atoms with E-state index in [9.17, 15) is 4.79 Å². The first kappa shape index (κ1) is 12.0. The number of nitrogens with one attached hydrogen (secondary N) is 2. The van der Waals surface area contributed by atoms with Crippen molar-refractivity contribution in [2.24, 2.45) is 5.92 Å². The molecule has 0 spiro atoms. The zero-order chi connectivity index (χ0) is 12.1. The molecular formula is C11H18N4O2. The quantitative estimate of drug-likeness (QED) is 0.774. The molecule has 2 rings (SSSR count). The summed E-state index contributed by atoms with van der Waals surface area (Å²) in [4.78, 5) is 15.9. The summed E-state index contributed by atoms with van der Waals surface area (Å²) in [6.45, 7) is 4.12. The van der Waals surface area contributed by atoms with Crippen molar-refractivity contribution in [3.8, 4) is 0 Å². The standard InChI is InChI=1S/C11H18N4O2/c1-8-14-10(15-17-8)4-6-13-11(16)9-3-2-5-12-7-9/h9,12H,2-7H2,1H3,(H,13,16)/t9-/m0/s1. The molecule has 2 heterocycles. The fraction of sp³-hybridized carbons (Fsp3) is 0.727. The van der Waals surface area contributed by atoms with Crippen molar-refractivity contribution >= 4 is 5.91 Å². The molecule has 1 amide bonds. The van der Waals surface area contributed by atoms with Gasteiger partial charge in [-0.05, 0) is 19.4 Å². The molecule has 94 valence electrons. The Bertz CT molecular complexity index is 371. The predicted octanol–water partition coefficient (Wildman–Crippen LogP) is 0.0363. The summed E-state index contributed by atoms with van der Waals surface area (Å²) < 4.78 is 4.85. The lowest BCUT2D eigenvalue weighted by Crippen LogP contribution is -2.41. The van der Waals surface area contributed by atoms with E-state index in [1.54, 1.807) is 6.92 Å². The van der Waals surface area contributed by atoms with E-state index >= 15 is 0 Å². The smallest absolute Gasteiger partial charge is 0.224 e. The van der Waals surface area contributed by atoms with E-state index in [-0.39, 0.29) is 11.8 Å². The molecule has 1 aromatic heterocycles. The minimum atomic E-state index is 0.107. The largest absolute Gasteiger partial charge is 0.355 e. The highest BCUT2D eigenvalue weighted by Crippen LogP contribution is 2.09. The lowest BCUT2D eigenvalue weighted by Gasteiger charge is -2.21. The third-order valence-corrected chi connectivity index (χ3v) is 2.89. The zero-order valence-corrected chi connectivity index (χ0v) is 10.0. The number of rotatable bonds is 4. The number of aryl methyl sites for hydroxylation is 1. The van der Waals surface area contributed by atoms with E-state index in [0.717, 1.165) is 25.9 Å². The summed E-state index contributed by atoms with van der Waals surface area (Å²) in [5.41, 5.74) is 0. The molecule has 0 aliphatic carbocycles. The van der Waals surface area contributed by atoms with Gasteiger partial charge < -0.3 is 15.2 Å². The van der Waals surface area contributed by atoms with Crippen LogP contribution in [0.5, 0.6) is 0 Å². The molecule has 6 heteroatoms. The fourth-order valence-electron chi connectivity index (χ4n) is 1.96. The topological polar surface area (TPSA) is 80.0 Å². The van der Waals surface area contributed by atoms with Gasteiger partial charge in [-0.3, -0.25) is 4.79 Å². The first-order valence-electron chi connectivity index (χ1n) is 6.03. The van der Waals surface area contributed by atoms with Gasteiger partial charge in [0.2, 0.25) is 11.8 Å². The van der Waals surface area contributed by atoms with Crippen molar-refractivity contribution < 1.29 is 9.32 Å². The van der Waals surface area contributed by atoms with E-state index in [1.807, 2.05) is 0 Å². The second-order valence-electron chi connectivity index (χ2n) is 4.31. The molecule has 0 unspecified atom stereocenters. The van der Waals surface area contributed by atoms with Crippen LogP contribution in [0, 0.1) is 12.8 Å². The van der Waals surface area contributed by atoms with Crippen LogP contribution in [-0.4, -0.2) is 35.7 Å². The first-order valence-corrected chi connectivity index (χ1v) is 6.03. The molecule has 1 atom stereocenters. The zero-order valence-electron chi connectivity index (χ0n) is 10.0. The van der Waals surface area contributed by atoms with Gasteiger partial charge in [-0.25, -0.2) is 0 Å². The van der Waals surface area contributed by atoms with Gasteiger partial charge in [0.25, 0.3) is 0 Å². The Balaban J connectivity index is 1.69. The van der Waals surface area contributed by atoms with Crippen molar-refractivity contribution in [1.29, 1.82) is 0 Å². The van der Waals surface area contributed by atoms with Crippen LogP contribution in [0.2, 0.25) is 0 Å². The van der Waals surface area contributed by atoms with E-state index in [4.69, 9.17) is 4.52 Å². The number of aromatic nitrogens is 2. The second kappa shape index (κ2) is 5.77. The molecule has 6 nitrogen and oxygen atoms in total. The Kier molecular flexibility index (Phi) is 4.08. The summed E-state index contributed by atoms with van der Waals surface area (Å²) in [5, 5.41) is 9.91. The lowest BCUT2D eigenvalue weighted by atomic mass is 9.99. The van der Waals surface area contributed by atoms with Gasteiger partial charge in [0.15, 0.2) is 5.82 Å². The van der Waals surface area contributed by atoms with Crippen LogP contribution < -0.4 is 10.6 Å². The van der Waals surface area contributed by atoms with E-state index in [0.29, 0.717) is 24.7 Å². The van der Waals surface area contributed by atoms with Crippen molar-refractivity contribution in [2.45, 2.75) is 26.2 Å². The number of carbonyl (C=O) groups is 1. The highest BCUT2D eigenvalue weighted by Gasteiger charge is 2.20. The third-order valence-electron chi connectivity index (χ3n) is 2.89. The first-order chi connectivity index (χ1) is 8.25. The minimum absolute atomic E-state index is 0.107. The summed E-state index contributed by atoms with van der Waals surface area (Å²) in [6.07, 6.45) is 2.66. The molecule has 2 N–H and O–H groups in total. The van der Waals surface area contributed by atoms with Gasteiger partial charge >= 0.3 is 0 Å². The Morgan fingerprint density at radius 3 is 3.18 bits per heavy atom. The van der Waals surface area contributed by atoms with Gasteiger partial charge in [0.05, 0.1) is 5.92 Å². The van der Waals surface area contributed by atoms with Gasteiger partial charge in [0.1, 0.15) is 0 Å². The summed E-state index contributed by atoms with van der Waals surface area (Å²) in [6, 6.07) is 0. The van der Waals surface area contributed by atoms with E-state index in [2.05, 4.69) is 20.8 Å². The fourth-order valence-corrected chi connectivity index (χ4v) is 1.96. The molecule has 0 saturated carbocycles. The van der Waals surface area contributed by atoms with Crippen LogP contribution in [0.15, 0.2) is 4.52 Å². The second-order valence-corrected chi connectivity index (χ2v) is 4.31. The number of hydrogen-bond acceptors (Lipinski definition) is 5. The van der Waals surface area contributed by atoms with E-state index < -0.39 is 0 Å². The average Bonchev–Trinajstić information content (AvgIpc) is 2.76. The number of carbonyl (C=O) groups excluding carboxylic acids is 1. The molecule has 1 aliphatic heterocycles. The van der Waals surface area contributed by atoms with E-state index in [1.165, 1.54) is 0 Å². The molecule has 1 aliphatic rings. The normalized spacial score (nSPS) is 20.2. The van der Waals surface area contributed by atoms with Gasteiger partial charge in [-0.1, -0.05) is 5.16 Å². The van der Waals surface area contributed by atoms with Crippen LogP contribution in [0.25, 0.3) is 0 Å². The van der Waals surface area contributed by atoms with Crippen LogP contribution >= 0.6 is 0 Å². The summed E-state index contributed by atoms with van der Waals surface area (Å²) in [5.74, 6) is 1.43. The van der Waals surface area contributed by atoms with Gasteiger partial charge in [-0.15, -0.1) is 0 Å². The van der Waals surface area contributed by atoms with Crippen molar-refractivity contribution in [3.05, 3.63) is 11.7 Å². The van der Waals surface area contributed by atoms with Crippen LogP contribution in [0.3, 0.4) is 0 Å². The highest BCUT2D eigenvalue weighted by molar-refractivity contribution is 5.78. The summed E-state index contributed by atoms with van der Waals surface area (Å²) in [7, 11) is 0. The monoisotopic (exact) mass is 238 g/mol. The van der Waals surface area contributed by atoms with Crippen molar-refractivity contribution in [1.82, 2.24) is 20.8 Å². The Hall–Kier alpha value is -1.43. The van der Waals surface area contributed by atoms with Crippen molar-refractivity contribution in [2.75, 3.05) is 19.6 Å². The highest BCUT2D eigenvalue weighted by atomic mass is 16.5. The predicted molar refractivity (Wildman–Crippen MR) is 61.3 cm³/mol. The molecule has 0 bridgehead atoms. The molecule has 0 radical (unpaired) electrons. The molecular weight excluding hydrogens is 220 g/mol. The third kappa shape index (κ3) is 3.52. The van der Waals surface area contributed by atoms with Crippen LogP contribution in [0.1, 0.15) is 24.6 Å². The Labute approximate surface area is 100 Å². The number of piperidine rings is 1. The summed E-state index contributed by atoms with van der Waals surface area (Å²) >= 11 is 0. The van der Waals surface area contributed by atoms with Gasteiger partial charge in [-0.2, -0.15) is 4.98 Å². The maximum absolute atomic E-state index is 11.8. The molecule has 17 heavy (non-hydrogen) atoms. The average molecular weight is 238 g/mol. The number of hydrogen-bond donors (Lipinski definition) is 2. The van der Waals surface area contributed by atoms with Crippen molar-refractivity contribution in [3.63, 3.8) is 0 Å². The maximum Gasteiger partial charge on any atom is 0.224 e. The Morgan fingerprint density at radius 2 is 2.53 bits per heavy atom. The molecule has 0 aromatic carbocycles. The molecule has 1 saturated heterocycles. The molecule has 1 aromatic rings. The Morgan fingerprint density at radius 1 is 1.65 bits per heavy atom. The van der Waals surface area contributed by atoms with Crippen LogP contribution in [0.4, 0.5) is 0 Å². The minimum Gasteiger partial charge on any atom is -0.355 e. The number of nitrogens with zero attached hydrogens (tertiary/aromatic N) is 2. The molecule has 1 fully saturated rings. The van der Waals surface area contributed by atoms with Gasteiger partial charge in [0, 0.05) is 26.4 Å².